The van der Waals surface area contributed by atoms with E-state index in [9.17, 15) is 14.4 Å². The van der Waals surface area contributed by atoms with Crippen molar-refractivity contribution in [2.75, 3.05) is 16.4 Å². The highest BCUT2D eigenvalue weighted by Crippen LogP contribution is 2.23. The number of amides is 3. The summed E-state index contributed by atoms with van der Waals surface area (Å²) in [5.41, 5.74) is 3.02. The van der Waals surface area contributed by atoms with Crippen molar-refractivity contribution in [3.63, 3.8) is 0 Å². The van der Waals surface area contributed by atoms with E-state index in [1.54, 1.807) is 61.5 Å². The molecular formula is C31H30N4O4S. The van der Waals surface area contributed by atoms with Crippen LogP contribution in [0, 0.1) is 6.92 Å². The molecule has 0 aliphatic carbocycles. The van der Waals surface area contributed by atoms with Gasteiger partial charge >= 0.3 is 0 Å². The lowest BCUT2D eigenvalue weighted by Gasteiger charge is -2.12. The second kappa shape index (κ2) is 13.4. The first-order valence-corrected chi connectivity index (χ1v) is 13.7. The highest BCUT2D eigenvalue weighted by Gasteiger charge is 2.16. The number of thioether (sulfide) groups is 1. The molecular weight excluding hydrogens is 524 g/mol. The lowest BCUT2D eigenvalue weighted by Crippen LogP contribution is -2.30. The van der Waals surface area contributed by atoms with Crippen molar-refractivity contribution in [3.05, 3.63) is 113 Å². The average Bonchev–Trinajstić information content (AvgIpc) is 3.36. The van der Waals surface area contributed by atoms with Gasteiger partial charge in [-0.25, -0.2) is 0 Å². The maximum atomic E-state index is 13.4. The Bertz CT molecular complexity index is 1510. The van der Waals surface area contributed by atoms with Crippen LogP contribution in [0.1, 0.15) is 47.0 Å². The average molecular weight is 555 g/mol. The molecule has 8 nitrogen and oxygen atoms in total. The van der Waals surface area contributed by atoms with Crippen LogP contribution in [0.15, 0.2) is 100 Å². The zero-order chi connectivity index (χ0) is 28.5. The lowest BCUT2D eigenvalue weighted by molar-refractivity contribution is -0.114. The summed E-state index contributed by atoms with van der Waals surface area (Å²) in [6, 6.07) is 25.3. The zero-order valence-electron chi connectivity index (χ0n) is 22.4. The van der Waals surface area contributed by atoms with Gasteiger partial charge in [0.15, 0.2) is 5.82 Å². The van der Waals surface area contributed by atoms with Gasteiger partial charge in [0.1, 0.15) is 11.5 Å². The number of hydrogen-bond donors (Lipinski definition) is 3. The maximum Gasteiger partial charge on any atom is 0.272 e. The van der Waals surface area contributed by atoms with Gasteiger partial charge in [-0.05, 0) is 60.4 Å². The molecule has 0 unspecified atom stereocenters. The van der Waals surface area contributed by atoms with Crippen LogP contribution < -0.4 is 16.0 Å². The number of carbonyl (C=O) groups is 3. The molecule has 4 aromatic rings. The molecule has 0 spiro atoms. The summed E-state index contributed by atoms with van der Waals surface area (Å²) in [4.78, 5) is 39.3. The van der Waals surface area contributed by atoms with Crippen LogP contribution in [0.25, 0.3) is 6.08 Å². The van der Waals surface area contributed by atoms with Crippen molar-refractivity contribution >= 4 is 47.1 Å². The van der Waals surface area contributed by atoms with E-state index >= 15 is 0 Å². The largest absolute Gasteiger partial charge is 0.360 e. The number of anilines is 2. The number of nitrogens with zero attached hydrogens (tertiary/aromatic N) is 1. The molecule has 0 bridgehead atoms. The van der Waals surface area contributed by atoms with Gasteiger partial charge in [0.25, 0.3) is 11.8 Å². The molecule has 0 saturated carbocycles. The van der Waals surface area contributed by atoms with Crippen molar-refractivity contribution < 1.29 is 18.9 Å². The van der Waals surface area contributed by atoms with Gasteiger partial charge in [0, 0.05) is 22.2 Å². The Balaban J connectivity index is 1.47. The molecule has 3 aromatic carbocycles. The van der Waals surface area contributed by atoms with E-state index < -0.39 is 11.8 Å². The van der Waals surface area contributed by atoms with Crippen LogP contribution in [0.5, 0.6) is 0 Å². The monoisotopic (exact) mass is 554 g/mol. The third kappa shape index (κ3) is 8.18. The zero-order valence-corrected chi connectivity index (χ0v) is 23.2. The van der Waals surface area contributed by atoms with E-state index in [1.807, 2.05) is 36.4 Å². The highest BCUT2D eigenvalue weighted by molar-refractivity contribution is 8.00. The van der Waals surface area contributed by atoms with Gasteiger partial charge in [0.2, 0.25) is 5.91 Å². The van der Waals surface area contributed by atoms with E-state index in [0.29, 0.717) is 28.7 Å². The highest BCUT2D eigenvalue weighted by atomic mass is 32.2. The van der Waals surface area contributed by atoms with Crippen molar-refractivity contribution in [1.82, 2.24) is 10.5 Å². The predicted molar refractivity (Wildman–Crippen MR) is 158 cm³/mol. The quantitative estimate of drug-likeness (QED) is 0.158. The summed E-state index contributed by atoms with van der Waals surface area (Å²) in [7, 11) is 0. The SMILES string of the molecule is Cc1cc(NC(=O)CSc2cccc(NC(=O)/C(=C\c3ccc(C(C)C)cc3)NC(=O)c3ccccc3)c2)no1. The first-order chi connectivity index (χ1) is 19.3. The molecule has 4 rings (SSSR count). The number of rotatable bonds is 10. The fourth-order valence-corrected chi connectivity index (χ4v) is 4.46. The van der Waals surface area contributed by atoms with Gasteiger partial charge in [-0.1, -0.05) is 67.5 Å². The predicted octanol–water partition coefficient (Wildman–Crippen LogP) is 6.25. The topological polar surface area (TPSA) is 113 Å². The molecule has 0 atom stereocenters. The fourth-order valence-electron chi connectivity index (χ4n) is 3.70. The van der Waals surface area contributed by atoms with E-state index in [2.05, 4.69) is 35.0 Å². The van der Waals surface area contributed by atoms with Crippen LogP contribution in [0.3, 0.4) is 0 Å². The van der Waals surface area contributed by atoms with Gasteiger partial charge in [-0.15, -0.1) is 11.8 Å². The van der Waals surface area contributed by atoms with Crippen molar-refractivity contribution in [2.24, 2.45) is 0 Å². The normalized spacial score (nSPS) is 11.2. The Morgan fingerprint density at radius 1 is 0.925 bits per heavy atom. The van der Waals surface area contributed by atoms with Gasteiger partial charge in [-0.2, -0.15) is 0 Å². The second-order valence-corrected chi connectivity index (χ2v) is 10.4. The van der Waals surface area contributed by atoms with E-state index in [1.165, 1.54) is 17.3 Å². The minimum atomic E-state index is -0.474. The number of aryl methyl sites for hydroxylation is 1. The second-order valence-electron chi connectivity index (χ2n) is 9.34. The third-order valence-corrected chi connectivity index (χ3v) is 6.79. The van der Waals surface area contributed by atoms with Crippen molar-refractivity contribution in [2.45, 2.75) is 31.6 Å². The minimum absolute atomic E-state index is 0.103. The van der Waals surface area contributed by atoms with Crippen molar-refractivity contribution in [3.8, 4) is 0 Å². The Morgan fingerprint density at radius 3 is 2.35 bits per heavy atom. The van der Waals surface area contributed by atoms with Crippen LogP contribution >= 0.6 is 11.8 Å². The molecule has 0 radical (unpaired) electrons. The third-order valence-electron chi connectivity index (χ3n) is 5.80. The molecule has 0 aliphatic rings. The summed E-state index contributed by atoms with van der Waals surface area (Å²) in [5.74, 6) is 0.393. The Hall–Kier alpha value is -4.63. The lowest BCUT2D eigenvalue weighted by atomic mass is 10.0. The van der Waals surface area contributed by atoms with E-state index in [0.717, 1.165) is 10.5 Å². The molecule has 204 valence electrons. The fraction of sp³-hybridized carbons (Fsp3) is 0.161. The Labute approximate surface area is 237 Å². The molecule has 0 fully saturated rings. The van der Waals surface area contributed by atoms with E-state index in [4.69, 9.17) is 4.52 Å². The molecule has 1 aromatic heterocycles. The molecule has 1 heterocycles. The number of carbonyl (C=O) groups excluding carboxylic acids is 3. The van der Waals surface area contributed by atoms with Gasteiger partial charge in [-0.3, -0.25) is 14.4 Å². The molecule has 0 saturated heterocycles. The van der Waals surface area contributed by atoms with E-state index in [-0.39, 0.29) is 17.4 Å². The molecule has 3 N–H and O–H groups in total. The Kier molecular flexibility index (Phi) is 9.53. The number of aromatic nitrogens is 1. The molecule has 40 heavy (non-hydrogen) atoms. The Morgan fingerprint density at radius 2 is 1.68 bits per heavy atom. The summed E-state index contributed by atoms with van der Waals surface area (Å²) in [6.07, 6.45) is 1.65. The van der Waals surface area contributed by atoms with Crippen LogP contribution in [-0.4, -0.2) is 28.6 Å². The number of nitrogens with one attached hydrogen (secondary N) is 3. The first kappa shape index (κ1) is 28.4. The van der Waals surface area contributed by atoms with Gasteiger partial charge < -0.3 is 20.5 Å². The molecule has 0 aliphatic heterocycles. The molecule has 3 amide bonds. The standard InChI is InChI=1S/C31H30N4O4S/c1-20(2)23-14-12-22(13-15-23)17-27(33-30(37)24-8-5-4-6-9-24)31(38)32-25-10-7-11-26(18-25)40-19-29(36)34-28-16-21(3)39-35-28/h4-18,20H,19H2,1-3H3,(H,32,38)(H,33,37)(H,34,35,36)/b27-17+. The molecule has 9 heteroatoms. The minimum Gasteiger partial charge on any atom is -0.360 e. The smallest absolute Gasteiger partial charge is 0.272 e. The summed E-state index contributed by atoms with van der Waals surface area (Å²) in [5, 5.41) is 12.1. The summed E-state index contributed by atoms with van der Waals surface area (Å²) in [6.45, 7) is 5.97. The van der Waals surface area contributed by atoms with Crippen LogP contribution in [-0.2, 0) is 9.59 Å². The first-order valence-electron chi connectivity index (χ1n) is 12.7. The number of hydrogen-bond acceptors (Lipinski definition) is 6. The summed E-state index contributed by atoms with van der Waals surface area (Å²) >= 11 is 1.31. The van der Waals surface area contributed by atoms with Gasteiger partial charge in [0.05, 0.1) is 5.75 Å². The van der Waals surface area contributed by atoms with Crippen molar-refractivity contribution in [1.29, 1.82) is 0 Å². The maximum absolute atomic E-state index is 13.4. The number of benzene rings is 3. The van der Waals surface area contributed by atoms with Crippen LogP contribution in [0.2, 0.25) is 0 Å². The van der Waals surface area contributed by atoms with Crippen LogP contribution in [0.4, 0.5) is 11.5 Å². The summed E-state index contributed by atoms with van der Waals surface area (Å²) < 4.78 is 4.96.